The van der Waals surface area contributed by atoms with E-state index in [4.69, 9.17) is 4.52 Å². The molecule has 0 atom stereocenters. The van der Waals surface area contributed by atoms with E-state index in [-0.39, 0.29) is 11.5 Å². The van der Waals surface area contributed by atoms with Gasteiger partial charge in [-0.1, -0.05) is 5.16 Å². The summed E-state index contributed by atoms with van der Waals surface area (Å²) in [5, 5.41) is 6.36. The molecular formula is C18H13FN2O4. The number of hydrogen-bond donors (Lipinski definition) is 1. The van der Waals surface area contributed by atoms with Gasteiger partial charge in [0.15, 0.2) is 11.5 Å². The Labute approximate surface area is 142 Å². The molecule has 25 heavy (non-hydrogen) atoms. The van der Waals surface area contributed by atoms with E-state index in [1.807, 2.05) is 0 Å². The van der Waals surface area contributed by atoms with Crippen molar-refractivity contribution in [3.8, 4) is 11.3 Å². The van der Waals surface area contributed by atoms with Crippen LogP contribution in [0.1, 0.15) is 20.8 Å². The first kappa shape index (κ1) is 16.4. The van der Waals surface area contributed by atoms with Crippen LogP contribution in [0.25, 0.3) is 11.3 Å². The molecule has 0 bridgehead atoms. The number of halogens is 1. The fourth-order valence-electron chi connectivity index (χ4n) is 2.14. The fourth-order valence-corrected chi connectivity index (χ4v) is 2.14. The largest absolute Gasteiger partial charge is 0.465 e. The molecule has 1 heterocycles. The lowest BCUT2D eigenvalue weighted by Crippen LogP contribution is -2.12. The van der Waals surface area contributed by atoms with Crippen molar-refractivity contribution in [2.24, 2.45) is 0 Å². The molecule has 3 rings (SSSR count). The van der Waals surface area contributed by atoms with Gasteiger partial charge < -0.3 is 14.6 Å². The minimum absolute atomic E-state index is 0.0800. The van der Waals surface area contributed by atoms with E-state index in [9.17, 15) is 14.0 Å². The summed E-state index contributed by atoms with van der Waals surface area (Å²) >= 11 is 0. The number of methoxy groups -OCH3 is 1. The average molecular weight is 340 g/mol. The number of benzene rings is 2. The maximum atomic E-state index is 12.9. The van der Waals surface area contributed by atoms with Crippen molar-refractivity contribution in [3.05, 3.63) is 71.7 Å². The van der Waals surface area contributed by atoms with Gasteiger partial charge in [-0.25, -0.2) is 9.18 Å². The molecule has 3 aromatic rings. The second-order valence-corrected chi connectivity index (χ2v) is 5.11. The van der Waals surface area contributed by atoms with Crippen molar-refractivity contribution in [1.29, 1.82) is 0 Å². The first-order valence-corrected chi connectivity index (χ1v) is 7.29. The summed E-state index contributed by atoms with van der Waals surface area (Å²) in [6.07, 6.45) is 0. The van der Waals surface area contributed by atoms with Crippen molar-refractivity contribution < 1.29 is 23.2 Å². The SMILES string of the molecule is COC(=O)c1ccc(NC(=O)c2cc(-c3ccc(F)cc3)on2)cc1. The molecular weight excluding hydrogens is 327 g/mol. The van der Waals surface area contributed by atoms with Gasteiger partial charge in [0.1, 0.15) is 5.82 Å². The topological polar surface area (TPSA) is 81.4 Å². The van der Waals surface area contributed by atoms with Crippen LogP contribution in [0.3, 0.4) is 0 Å². The predicted molar refractivity (Wildman–Crippen MR) is 87.6 cm³/mol. The van der Waals surface area contributed by atoms with Gasteiger partial charge in [-0.05, 0) is 48.5 Å². The number of carbonyl (C=O) groups excluding carboxylic acids is 2. The van der Waals surface area contributed by atoms with Crippen molar-refractivity contribution >= 4 is 17.6 Å². The number of amides is 1. The van der Waals surface area contributed by atoms with E-state index >= 15 is 0 Å². The van der Waals surface area contributed by atoms with Crippen molar-refractivity contribution in [2.45, 2.75) is 0 Å². The standard InChI is InChI=1S/C18H13FN2O4/c1-24-18(23)12-4-8-14(9-5-12)20-17(22)15-10-16(25-21-15)11-2-6-13(19)7-3-11/h2-10H,1H3,(H,20,22). The third-order valence-corrected chi connectivity index (χ3v) is 3.44. The van der Waals surface area contributed by atoms with Gasteiger partial charge in [-0.3, -0.25) is 4.79 Å². The van der Waals surface area contributed by atoms with Crippen LogP contribution in [0, 0.1) is 5.82 Å². The third kappa shape index (κ3) is 3.72. The maximum absolute atomic E-state index is 12.9. The number of ether oxygens (including phenoxy) is 1. The summed E-state index contributed by atoms with van der Waals surface area (Å²) in [4.78, 5) is 23.6. The minimum atomic E-state index is -0.470. The molecule has 0 saturated carbocycles. The Balaban J connectivity index is 1.71. The monoisotopic (exact) mass is 340 g/mol. The highest BCUT2D eigenvalue weighted by atomic mass is 19.1. The van der Waals surface area contributed by atoms with Crippen molar-refractivity contribution in [2.75, 3.05) is 12.4 Å². The Morgan fingerprint density at radius 2 is 1.76 bits per heavy atom. The highest BCUT2D eigenvalue weighted by Crippen LogP contribution is 2.21. The molecule has 6 nitrogen and oxygen atoms in total. The van der Waals surface area contributed by atoms with E-state index in [1.165, 1.54) is 49.6 Å². The van der Waals surface area contributed by atoms with Gasteiger partial charge >= 0.3 is 5.97 Å². The molecule has 1 N–H and O–H groups in total. The summed E-state index contributed by atoms with van der Waals surface area (Å²) in [6, 6.07) is 13.3. The molecule has 0 radical (unpaired) electrons. The summed E-state index contributed by atoms with van der Waals surface area (Å²) < 4.78 is 22.7. The van der Waals surface area contributed by atoms with Gasteiger partial charge in [0, 0.05) is 17.3 Å². The first-order valence-electron chi connectivity index (χ1n) is 7.29. The number of aromatic nitrogens is 1. The molecule has 1 amide bonds. The average Bonchev–Trinajstić information content (AvgIpc) is 3.12. The zero-order chi connectivity index (χ0) is 17.8. The normalized spacial score (nSPS) is 10.3. The number of esters is 1. The smallest absolute Gasteiger partial charge is 0.337 e. The molecule has 0 unspecified atom stereocenters. The Morgan fingerprint density at radius 1 is 1.08 bits per heavy atom. The fraction of sp³-hybridized carbons (Fsp3) is 0.0556. The maximum Gasteiger partial charge on any atom is 0.337 e. The first-order chi connectivity index (χ1) is 12.1. The van der Waals surface area contributed by atoms with Gasteiger partial charge in [-0.2, -0.15) is 0 Å². The highest BCUT2D eigenvalue weighted by Gasteiger charge is 2.14. The van der Waals surface area contributed by atoms with E-state index in [0.717, 1.165) is 0 Å². The molecule has 0 fully saturated rings. The molecule has 126 valence electrons. The van der Waals surface area contributed by atoms with Gasteiger partial charge in [0.2, 0.25) is 0 Å². The predicted octanol–water partition coefficient (Wildman–Crippen LogP) is 3.52. The molecule has 0 saturated heterocycles. The Hall–Kier alpha value is -3.48. The van der Waals surface area contributed by atoms with Crippen molar-refractivity contribution in [3.63, 3.8) is 0 Å². The lowest BCUT2D eigenvalue weighted by molar-refractivity contribution is 0.0600. The molecule has 0 aliphatic heterocycles. The summed E-state index contributed by atoms with van der Waals surface area (Å²) in [5.41, 5.74) is 1.55. The molecule has 2 aromatic carbocycles. The number of anilines is 1. The van der Waals surface area contributed by atoms with Crippen molar-refractivity contribution in [1.82, 2.24) is 5.16 Å². The summed E-state index contributed by atoms with van der Waals surface area (Å²) in [6.45, 7) is 0. The molecule has 7 heteroatoms. The number of nitrogens with zero attached hydrogens (tertiary/aromatic N) is 1. The number of hydrogen-bond acceptors (Lipinski definition) is 5. The van der Waals surface area contributed by atoms with Gasteiger partial charge in [0.05, 0.1) is 12.7 Å². The van der Waals surface area contributed by atoms with Crippen LogP contribution in [0.4, 0.5) is 10.1 Å². The van der Waals surface area contributed by atoms with Gasteiger partial charge in [0.25, 0.3) is 5.91 Å². The Morgan fingerprint density at radius 3 is 2.40 bits per heavy atom. The van der Waals surface area contributed by atoms with Crippen LogP contribution >= 0.6 is 0 Å². The van der Waals surface area contributed by atoms with Crippen LogP contribution in [0.2, 0.25) is 0 Å². The quantitative estimate of drug-likeness (QED) is 0.735. The lowest BCUT2D eigenvalue weighted by Gasteiger charge is -2.04. The Bertz CT molecular complexity index is 902. The van der Waals surface area contributed by atoms with Crippen LogP contribution in [-0.4, -0.2) is 24.1 Å². The summed E-state index contributed by atoms with van der Waals surface area (Å²) in [7, 11) is 1.29. The summed E-state index contributed by atoms with van der Waals surface area (Å²) in [5.74, 6) is -0.941. The third-order valence-electron chi connectivity index (χ3n) is 3.44. The van der Waals surface area contributed by atoms with Crippen LogP contribution in [-0.2, 0) is 4.74 Å². The molecule has 0 spiro atoms. The molecule has 1 aromatic heterocycles. The molecule has 0 aliphatic rings. The zero-order valence-corrected chi connectivity index (χ0v) is 13.2. The van der Waals surface area contributed by atoms with Crippen LogP contribution < -0.4 is 5.32 Å². The lowest BCUT2D eigenvalue weighted by atomic mass is 10.1. The number of rotatable bonds is 4. The number of nitrogens with one attached hydrogen (secondary N) is 1. The zero-order valence-electron chi connectivity index (χ0n) is 13.2. The van der Waals surface area contributed by atoms with E-state index in [1.54, 1.807) is 12.1 Å². The van der Waals surface area contributed by atoms with E-state index in [0.29, 0.717) is 22.6 Å². The number of carbonyl (C=O) groups is 2. The highest BCUT2D eigenvalue weighted by molar-refractivity contribution is 6.03. The van der Waals surface area contributed by atoms with E-state index < -0.39 is 11.9 Å². The minimum Gasteiger partial charge on any atom is -0.465 e. The second kappa shape index (κ2) is 6.96. The van der Waals surface area contributed by atoms with Gasteiger partial charge in [-0.15, -0.1) is 0 Å². The van der Waals surface area contributed by atoms with Crippen LogP contribution in [0.5, 0.6) is 0 Å². The van der Waals surface area contributed by atoms with E-state index in [2.05, 4.69) is 15.2 Å². The Kier molecular flexibility index (Phi) is 4.56. The second-order valence-electron chi connectivity index (χ2n) is 5.11. The van der Waals surface area contributed by atoms with Crippen LogP contribution in [0.15, 0.2) is 59.1 Å². The molecule has 0 aliphatic carbocycles.